The van der Waals surface area contributed by atoms with E-state index in [2.05, 4.69) is 27.5 Å². The van der Waals surface area contributed by atoms with Gasteiger partial charge in [0.05, 0.1) is 0 Å². The molecule has 0 amide bonds. The van der Waals surface area contributed by atoms with Crippen molar-refractivity contribution in [3.63, 3.8) is 0 Å². The number of likely N-dealkylation sites (N-methyl/N-ethyl adjacent to an activating group) is 1. The molecule has 1 saturated heterocycles. The molecule has 0 unspecified atom stereocenters. The molecule has 0 spiro atoms. The smallest absolute Gasteiger partial charge is 0.155 e. The summed E-state index contributed by atoms with van der Waals surface area (Å²) in [5.74, 6) is 0.972. The summed E-state index contributed by atoms with van der Waals surface area (Å²) in [6, 6.07) is 0.486. The minimum absolute atomic E-state index is 0.486. The van der Waals surface area contributed by atoms with Crippen LogP contribution in [-0.4, -0.2) is 41.3 Å². The summed E-state index contributed by atoms with van der Waals surface area (Å²) < 4.78 is 0. The van der Waals surface area contributed by atoms with E-state index in [9.17, 15) is 0 Å². The number of anilines is 1. The van der Waals surface area contributed by atoms with E-state index in [0.29, 0.717) is 11.2 Å². The van der Waals surface area contributed by atoms with Crippen LogP contribution in [0.2, 0.25) is 5.15 Å². The van der Waals surface area contributed by atoms with Crippen molar-refractivity contribution >= 4 is 17.4 Å². The molecule has 0 aromatic carbocycles. The average molecular weight is 281 g/mol. The lowest BCUT2D eigenvalue weighted by atomic mass is 9.93. The Hall–Kier alpha value is -0.870. The van der Waals surface area contributed by atoms with Crippen LogP contribution in [0.15, 0.2) is 0 Å². The number of nitrogens with zero attached hydrogens (tertiary/aromatic N) is 3. The highest BCUT2D eigenvalue weighted by molar-refractivity contribution is 6.30. The first-order valence-electron chi connectivity index (χ1n) is 7.23. The van der Waals surface area contributed by atoms with Crippen LogP contribution in [0.1, 0.15) is 36.8 Å². The molecule has 1 aromatic rings. The number of fused-ring (bicyclic) bond motifs is 1. The van der Waals surface area contributed by atoms with Gasteiger partial charge in [0.15, 0.2) is 11.0 Å². The monoisotopic (exact) mass is 280 g/mol. The van der Waals surface area contributed by atoms with Crippen LogP contribution in [0.4, 0.5) is 5.82 Å². The van der Waals surface area contributed by atoms with Crippen molar-refractivity contribution in [3.8, 4) is 0 Å². The van der Waals surface area contributed by atoms with Crippen molar-refractivity contribution in [1.29, 1.82) is 0 Å². The zero-order valence-corrected chi connectivity index (χ0v) is 12.2. The van der Waals surface area contributed by atoms with Crippen molar-refractivity contribution < 1.29 is 0 Å². The highest BCUT2D eigenvalue weighted by Gasteiger charge is 2.22. The molecule has 1 fully saturated rings. The molecule has 2 aliphatic rings. The summed E-state index contributed by atoms with van der Waals surface area (Å²) in [7, 11) is 2.18. The van der Waals surface area contributed by atoms with Gasteiger partial charge in [-0.25, -0.2) is 0 Å². The Morgan fingerprint density at radius 1 is 1.16 bits per heavy atom. The van der Waals surface area contributed by atoms with Gasteiger partial charge in [0, 0.05) is 18.2 Å². The predicted octanol–water partition coefficient (Wildman–Crippen LogP) is 2.51. The Morgan fingerprint density at radius 3 is 2.74 bits per heavy atom. The van der Waals surface area contributed by atoms with Crippen LogP contribution in [0.25, 0.3) is 0 Å². The van der Waals surface area contributed by atoms with Gasteiger partial charge in [0.25, 0.3) is 0 Å². The van der Waals surface area contributed by atoms with Gasteiger partial charge in [-0.15, -0.1) is 10.2 Å². The van der Waals surface area contributed by atoms with Gasteiger partial charge in [-0.3, -0.25) is 0 Å². The van der Waals surface area contributed by atoms with Crippen LogP contribution in [0, 0.1) is 0 Å². The third-order valence-electron chi connectivity index (χ3n) is 4.21. The SMILES string of the molecule is CN1CCC[C@@H](Nc2nnc(Cl)c3c2CCCC3)C1. The number of piperidine rings is 1. The summed E-state index contributed by atoms with van der Waals surface area (Å²) in [5, 5.41) is 12.6. The molecule has 5 heteroatoms. The maximum atomic E-state index is 6.17. The molecule has 1 N–H and O–H groups in total. The molecular weight excluding hydrogens is 260 g/mol. The predicted molar refractivity (Wildman–Crippen MR) is 77.8 cm³/mol. The van der Waals surface area contributed by atoms with E-state index in [1.807, 2.05) is 0 Å². The minimum Gasteiger partial charge on any atom is -0.364 e. The van der Waals surface area contributed by atoms with Crippen LogP contribution in [-0.2, 0) is 12.8 Å². The van der Waals surface area contributed by atoms with Crippen LogP contribution >= 0.6 is 11.6 Å². The van der Waals surface area contributed by atoms with Crippen LogP contribution < -0.4 is 5.32 Å². The molecule has 0 saturated carbocycles. The Kier molecular flexibility index (Phi) is 3.89. The third-order valence-corrected chi connectivity index (χ3v) is 4.51. The second kappa shape index (κ2) is 5.63. The number of rotatable bonds is 2. The van der Waals surface area contributed by atoms with E-state index >= 15 is 0 Å². The average Bonchev–Trinajstić information content (AvgIpc) is 2.42. The molecule has 4 nitrogen and oxygen atoms in total. The molecule has 1 aliphatic carbocycles. The van der Waals surface area contributed by atoms with Gasteiger partial charge in [0.2, 0.25) is 0 Å². The summed E-state index contributed by atoms with van der Waals surface area (Å²) in [6.45, 7) is 2.28. The van der Waals surface area contributed by atoms with Crippen molar-refractivity contribution in [1.82, 2.24) is 15.1 Å². The zero-order chi connectivity index (χ0) is 13.2. The quantitative estimate of drug-likeness (QED) is 0.904. The molecule has 104 valence electrons. The molecule has 0 bridgehead atoms. The molecule has 1 aliphatic heterocycles. The van der Waals surface area contributed by atoms with Crippen molar-refractivity contribution in [2.45, 2.75) is 44.6 Å². The molecule has 1 atom stereocenters. The number of nitrogens with one attached hydrogen (secondary N) is 1. The fraction of sp³-hybridized carbons (Fsp3) is 0.714. The standard InChI is InChI=1S/C14H21ClN4/c1-19-8-4-5-10(9-19)16-14-12-7-3-2-6-11(12)13(15)17-18-14/h10H,2-9H2,1H3,(H,16,18)/t10-/m1/s1. The molecule has 19 heavy (non-hydrogen) atoms. The van der Waals surface area contributed by atoms with Crippen molar-refractivity contribution in [3.05, 3.63) is 16.3 Å². The van der Waals surface area contributed by atoms with Gasteiger partial charge in [-0.1, -0.05) is 11.6 Å². The molecular formula is C14H21ClN4. The first-order valence-corrected chi connectivity index (χ1v) is 7.61. The Balaban J connectivity index is 1.81. The molecule has 1 aromatic heterocycles. The van der Waals surface area contributed by atoms with Crippen LogP contribution in [0.5, 0.6) is 0 Å². The number of hydrogen-bond acceptors (Lipinski definition) is 4. The fourth-order valence-electron chi connectivity index (χ4n) is 3.20. The second-order valence-corrected chi connectivity index (χ2v) is 6.11. The first-order chi connectivity index (χ1) is 9.24. The van der Waals surface area contributed by atoms with Crippen molar-refractivity contribution in [2.75, 3.05) is 25.5 Å². The first kappa shape index (κ1) is 13.1. The highest BCUT2D eigenvalue weighted by atomic mass is 35.5. The molecule has 3 rings (SSSR count). The van der Waals surface area contributed by atoms with Gasteiger partial charge in [-0.05, 0) is 57.7 Å². The lowest BCUT2D eigenvalue weighted by molar-refractivity contribution is 0.260. The lowest BCUT2D eigenvalue weighted by Gasteiger charge is -2.31. The second-order valence-electron chi connectivity index (χ2n) is 5.75. The largest absolute Gasteiger partial charge is 0.364 e. The van der Waals surface area contributed by atoms with E-state index in [1.54, 1.807) is 0 Å². The Bertz CT molecular complexity index is 463. The zero-order valence-electron chi connectivity index (χ0n) is 11.5. The van der Waals surface area contributed by atoms with Gasteiger partial charge < -0.3 is 10.2 Å². The normalized spacial score (nSPS) is 24.0. The number of halogens is 1. The Labute approximate surface area is 119 Å². The fourth-order valence-corrected chi connectivity index (χ4v) is 3.45. The van der Waals surface area contributed by atoms with E-state index in [0.717, 1.165) is 25.2 Å². The van der Waals surface area contributed by atoms with Gasteiger partial charge in [-0.2, -0.15) is 0 Å². The topological polar surface area (TPSA) is 41.0 Å². The van der Waals surface area contributed by atoms with Gasteiger partial charge >= 0.3 is 0 Å². The third kappa shape index (κ3) is 2.84. The van der Waals surface area contributed by atoms with E-state index in [1.165, 1.54) is 43.4 Å². The van der Waals surface area contributed by atoms with Crippen LogP contribution in [0.3, 0.4) is 0 Å². The summed E-state index contributed by atoms with van der Waals surface area (Å²) in [6.07, 6.45) is 7.03. The summed E-state index contributed by atoms with van der Waals surface area (Å²) in [4.78, 5) is 2.37. The summed E-state index contributed by atoms with van der Waals surface area (Å²) in [5.41, 5.74) is 2.52. The number of aromatic nitrogens is 2. The summed E-state index contributed by atoms with van der Waals surface area (Å²) >= 11 is 6.17. The van der Waals surface area contributed by atoms with E-state index in [-0.39, 0.29) is 0 Å². The van der Waals surface area contributed by atoms with E-state index < -0.39 is 0 Å². The number of hydrogen-bond donors (Lipinski definition) is 1. The highest BCUT2D eigenvalue weighted by Crippen LogP contribution is 2.30. The maximum absolute atomic E-state index is 6.17. The lowest BCUT2D eigenvalue weighted by Crippen LogP contribution is -2.40. The maximum Gasteiger partial charge on any atom is 0.155 e. The molecule has 0 radical (unpaired) electrons. The minimum atomic E-state index is 0.486. The molecule has 2 heterocycles. The van der Waals surface area contributed by atoms with Crippen molar-refractivity contribution in [2.24, 2.45) is 0 Å². The van der Waals surface area contributed by atoms with Gasteiger partial charge in [0.1, 0.15) is 0 Å². The number of likely N-dealkylation sites (tertiary alicyclic amines) is 1. The Morgan fingerprint density at radius 2 is 1.95 bits per heavy atom. The van der Waals surface area contributed by atoms with E-state index in [4.69, 9.17) is 11.6 Å².